The van der Waals surface area contributed by atoms with E-state index >= 15 is 0 Å². The van der Waals surface area contributed by atoms with Gasteiger partial charge in [-0.15, -0.1) is 0 Å². The molecular formula is C10H11N3O. The average molecular weight is 189 g/mol. The fourth-order valence-corrected chi connectivity index (χ4v) is 1.20. The first-order chi connectivity index (χ1) is 6.86. The zero-order valence-electron chi connectivity index (χ0n) is 7.84. The first kappa shape index (κ1) is 8.74. The first-order valence-corrected chi connectivity index (χ1v) is 4.41. The molecule has 0 radical (unpaired) electrons. The van der Waals surface area contributed by atoms with Gasteiger partial charge in [0.15, 0.2) is 0 Å². The van der Waals surface area contributed by atoms with Gasteiger partial charge in [-0.1, -0.05) is 0 Å². The molecule has 2 aromatic heterocycles. The Morgan fingerprint density at radius 2 is 2.36 bits per heavy atom. The Labute approximate surface area is 82.0 Å². The van der Waals surface area contributed by atoms with E-state index in [-0.39, 0.29) is 6.04 Å². The minimum atomic E-state index is 0.172. The highest BCUT2D eigenvalue weighted by Crippen LogP contribution is 2.16. The molecule has 14 heavy (non-hydrogen) atoms. The Balaban J connectivity index is 2.06. The van der Waals surface area contributed by atoms with Crippen molar-refractivity contribution >= 4 is 5.82 Å². The molecule has 0 amide bonds. The summed E-state index contributed by atoms with van der Waals surface area (Å²) in [6.45, 7) is 2.04. The number of aromatic nitrogens is 2. The van der Waals surface area contributed by atoms with Crippen LogP contribution in [0.2, 0.25) is 0 Å². The van der Waals surface area contributed by atoms with Crippen molar-refractivity contribution in [2.75, 3.05) is 5.32 Å². The van der Waals surface area contributed by atoms with Crippen LogP contribution in [-0.4, -0.2) is 9.97 Å². The third-order valence-corrected chi connectivity index (χ3v) is 1.97. The molecule has 72 valence electrons. The van der Waals surface area contributed by atoms with Crippen LogP contribution in [0.3, 0.4) is 0 Å². The van der Waals surface area contributed by atoms with Gasteiger partial charge in [0.2, 0.25) is 0 Å². The van der Waals surface area contributed by atoms with Crippen molar-refractivity contribution in [3.8, 4) is 0 Å². The van der Waals surface area contributed by atoms with Gasteiger partial charge in [0, 0.05) is 18.0 Å². The third kappa shape index (κ3) is 1.90. The Morgan fingerprint density at radius 3 is 3.00 bits per heavy atom. The fraction of sp³-hybridized carbons (Fsp3) is 0.200. The van der Waals surface area contributed by atoms with E-state index in [1.165, 1.54) is 0 Å². The second kappa shape index (κ2) is 3.91. The highest BCUT2D eigenvalue weighted by atomic mass is 16.3. The lowest BCUT2D eigenvalue weighted by atomic mass is 10.2. The summed E-state index contributed by atoms with van der Waals surface area (Å²) in [6.07, 6.45) is 8.37. The standard InChI is InChI=1S/C10H11N3O/c1-8(9-2-5-14-7-9)13-10-6-11-3-4-12-10/h2-8H,1H3,(H,12,13). The highest BCUT2D eigenvalue weighted by molar-refractivity contribution is 5.34. The minimum Gasteiger partial charge on any atom is -0.472 e. The quantitative estimate of drug-likeness (QED) is 0.804. The molecule has 0 saturated carbocycles. The van der Waals surface area contributed by atoms with Crippen LogP contribution in [0.1, 0.15) is 18.5 Å². The molecular weight excluding hydrogens is 178 g/mol. The molecule has 4 nitrogen and oxygen atoms in total. The molecule has 0 aromatic carbocycles. The molecule has 0 aliphatic carbocycles. The van der Waals surface area contributed by atoms with Crippen molar-refractivity contribution in [2.45, 2.75) is 13.0 Å². The zero-order valence-corrected chi connectivity index (χ0v) is 7.84. The van der Waals surface area contributed by atoms with Crippen molar-refractivity contribution < 1.29 is 4.42 Å². The number of rotatable bonds is 3. The van der Waals surface area contributed by atoms with Gasteiger partial charge in [-0.3, -0.25) is 4.98 Å². The van der Waals surface area contributed by atoms with E-state index in [2.05, 4.69) is 15.3 Å². The second-order valence-electron chi connectivity index (χ2n) is 3.01. The summed E-state index contributed by atoms with van der Waals surface area (Å²) in [6, 6.07) is 2.10. The molecule has 0 bridgehead atoms. The van der Waals surface area contributed by atoms with Crippen LogP contribution in [0.5, 0.6) is 0 Å². The summed E-state index contributed by atoms with van der Waals surface area (Å²) in [7, 11) is 0. The summed E-state index contributed by atoms with van der Waals surface area (Å²) < 4.78 is 5.00. The van der Waals surface area contributed by atoms with E-state index in [0.717, 1.165) is 11.4 Å². The van der Waals surface area contributed by atoms with Crippen LogP contribution >= 0.6 is 0 Å². The lowest BCUT2D eigenvalue weighted by Crippen LogP contribution is -2.06. The summed E-state index contributed by atoms with van der Waals surface area (Å²) >= 11 is 0. The molecule has 0 spiro atoms. The Morgan fingerprint density at radius 1 is 1.43 bits per heavy atom. The predicted molar refractivity (Wildman–Crippen MR) is 52.8 cm³/mol. The topological polar surface area (TPSA) is 51.0 Å². The number of anilines is 1. The van der Waals surface area contributed by atoms with Crippen LogP contribution in [0, 0.1) is 0 Å². The molecule has 2 aromatic rings. The van der Waals surface area contributed by atoms with Crippen LogP contribution in [0.15, 0.2) is 41.6 Å². The van der Waals surface area contributed by atoms with E-state index in [0.29, 0.717) is 0 Å². The number of hydrogen-bond acceptors (Lipinski definition) is 4. The molecule has 1 unspecified atom stereocenters. The fourth-order valence-electron chi connectivity index (χ4n) is 1.20. The normalized spacial score (nSPS) is 12.4. The molecule has 0 saturated heterocycles. The van der Waals surface area contributed by atoms with Gasteiger partial charge in [-0.25, -0.2) is 4.98 Å². The van der Waals surface area contributed by atoms with Gasteiger partial charge in [-0.2, -0.15) is 0 Å². The summed E-state index contributed by atoms with van der Waals surface area (Å²) in [5.74, 6) is 0.765. The highest BCUT2D eigenvalue weighted by Gasteiger charge is 2.06. The maximum Gasteiger partial charge on any atom is 0.144 e. The third-order valence-electron chi connectivity index (χ3n) is 1.97. The SMILES string of the molecule is CC(Nc1cnccn1)c1ccoc1. The molecule has 0 fully saturated rings. The van der Waals surface area contributed by atoms with E-state index in [4.69, 9.17) is 4.42 Å². The lowest BCUT2D eigenvalue weighted by Gasteiger charge is -2.11. The average Bonchev–Trinajstić information content (AvgIpc) is 2.72. The largest absolute Gasteiger partial charge is 0.472 e. The van der Waals surface area contributed by atoms with E-state index in [1.54, 1.807) is 31.1 Å². The Kier molecular flexibility index (Phi) is 2.44. The number of furan rings is 1. The van der Waals surface area contributed by atoms with E-state index < -0.39 is 0 Å². The molecule has 4 heteroatoms. The van der Waals surface area contributed by atoms with Gasteiger partial charge in [0.05, 0.1) is 24.8 Å². The monoisotopic (exact) mass is 189 g/mol. The van der Waals surface area contributed by atoms with Crippen molar-refractivity contribution in [3.63, 3.8) is 0 Å². The minimum absolute atomic E-state index is 0.172. The predicted octanol–water partition coefficient (Wildman–Crippen LogP) is 2.24. The van der Waals surface area contributed by atoms with Gasteiger partial charge in [0.25, 0.3) is 0 Å². The number of nitrogens with one attached hydrogen (secondary N) is 1. The number of nitrogens with zero attached hydrogens (tertiary/aromatic N) is 2. The lowest BCUT2D eigenvalue weighted by molar-refractivity contribution is 0.562. The molecule has 1 N–H and O–H groups in total. The van der Waals surface area contributed by atoms with Crippen LogP contribution in [0.4, 0.5) is 5.82 Å². The van der Waals surface area contributed by atoms with Crippen molar-refractivity contribution in [1.29, 1.82) is 0 Å². The van der Waals surface area contributed by atoms with Gasteiger partial charge in [-0.05, 0) is 13.0 Å². The Hall–Kier alpha value is -1.84. The van der Waals surface area contributed by atoms with Crippen LogP contribution < -0.4 is 5.32 Å². The molecule has 1 atom stereocenters. The number of hydrogen-bond donors (Lipinski definition) is 1. The van der Waals surface area contributed by atoms with Crippen molar-refractivity contribution in [2.24, 2.45) is 0 Å². The summed E-state index contributed by atoms with van der Waals surface area (Å²) in [5.41, 5.74) is 1.09. The zero-order chi connectivity index (χ0) is 9.80. The van der Waals surface area contributed by atoms with Crippen molar-refractivity contribution in [3.05, 3.63) is 42.7 Å². The first-order valence-electron chi connectivity index (χ1n) is 4.41. The smallest absolute Gasteiger partial charge is 0.144 e. The molecule has 0 aliphatic rings. The summed E-state index contributed by atoms with van der Waals surface area (Å²) in [5, 5.41) is 3.21. The molecule has 2 rings (SSSR count). The summed E-state index contributed by atoms with van der Waals surface area (Å²) in [4.78, 5) is 8.09. The maximum absolute atomic E-state index is 5.00. The Bertz CT molecular complexity index is 372. The van der Waals surface area contributed by atoms with Gasteiger partial charge < -0.3 is 9.73 Å². The van der Waals surface area contributed by atoms with E-state index in [9.17, 15) is 0 Å². The van der Waals surface area contributed by atoms with Crippen LogP contribution in [-0.2, 0) is 0 Å². The molecule has 2 heterocycles. The second-order valence-corrected chi connectivity index (χ2v) is 3.01. The van der Waals surface area contributed by atoms with E-state index in [1.807, 2.05) is 13.0 Å². The maximum atomic E-state index is 5.00. The van der Waals surface area contributed by atoms with Crippen molar-refractivity contribution in [1.82, 2.24) is 9.97 Å². The van der Waals surface area contributed by atoms with Gasteiger partial charge >= 0.3 is 0 Å². The van der Waals surface area contributed by atoms with Crippen LogP contribution in [0.25, 0.3) is 0 Å². The molecule has 0 aliphatic heterocycles. The van der Waals surface area contributed by atoms with Gasteiger partial charge in [0.1, 0.15) is 5.82 Å².